The zero-order valence-corrected chi connectivity index (χ0v) is 12.1. The van der Waals surface area contributed by atoms with Crippen molar-refractivity contribution in [3.63, 3.8) is 0 Å². The van der Waals surface area contributed by atoms with Crippen molar-refractivity contribution in [2.75, 3.05) is 26.7 Å². The van der Waals surface area contributed by atoms with Gasteiger partial charge in [0.1, 0.15) is 6.04 Å². The third-order valence-electron chi connectivity index (χ3n) is 2.89. The monoisotopic (exact) mass is 317 g/mol. The lowest BCUT2D eigenvalue weighted by molar-refractivity contribution is -0.126. The number of halogens is 1. The van der Waals surface area contributed by atoms with E-state index in [-0.39, 0.29) is 11.9 Å². The lowest BCUT2D eigenvalue weighted by atomic mass is 10.1. The minimum Gasteiger partial charge on any atom is -0.358 e. The molecule has 1 saturated heterocycles. The summed E-state index contributed by atoms with van der Waals surface area (Å²) in [5.74, 6) is 0.0906. The first kappa shape index (κ1) is 13.0. The van der Waals surface area contributed by atoms with Crippen molar-refractivity contribution in [1.82, 2.24) is 15.5 Å². The fourth-order valence-corrected chi connectivity index (χ4v) is 3.51. The third kappa shape index (κ3) is 3.28. The van der Waals surface area contributed by atoms with Crippen molar-refractivity contribution in [2.24, 2.45) is 0 Å². The molecule has 94 valence electrons. The Labute approximate surface area is 114 Å². The van der Waals surface area contributed by atoms with Crippen LogP contribution in [0.3, 0.4) is 0 Å². The fraction of sp³-hybridized carbons (Fsp3) is 0.545. The predicted molar refractivity (Wildman–Crippen MR) is 73.2 cm³/mol. The van der Waals surface area contributed by atoms with E-state index in [4.69, 9.17) is 0 Å². The van der Waals surface area contributed by atoms with Crippen LogP contribution in [0.4, 0.5) is 0 Å². The maximum atomic E-state index is 11.8. The molecule has 2 heterocycles. The molecule has 1 aromatic rings. The van der Waals surface area contributed by atoms with E-state index in [1.165, 1.54) is 4.88 Å². The molecule has 0 bridgehead atoms. The van der Waals surface area contributed by atoms with Gasteiger partial charge in [0.2, 0.25) is 5.91 Å². The average molecular weight is 318 g/mol. The predicted octanol–water partition coefficient (Wildman–Crippen LogP) is 1.03. The molecule has 1 amide bonds. The van der Waals surface area contributed by atoms with Gasteiger partial charge in [-0.25, -0.2) is 0 Å². The first-order valence-electron chi connectivity index (χ1n) is 5.61. The van der Waals surface area contributed by atoms with Crippen molar-refractivity contribution in [2.45, 2.75) is 12.6 Å². The third-order valence-corrected chi connectivity index (χ3v) is 4.50. The Hall–Kier alpha value is -0.430. The molecule has 6 heteroatoms. The van der Waals surface area contributed by atoms with E-state index >= 15 is 0 Å². The number of thiophene rings is 1. The quantitative estimate of drug-likeness (QED) is 0.875. The Morgan fingerprint density at radius 2 is 2.53 bits per heavy atom. The van der Waals surface area contributed by atoms with Crippen LogP contribution in [0.2, 0.25) is 0 Å². The second-order valence-electron chi connectivity index (χ2n) is 4.01. The summed E-state index contributed by atoms with van der Waals surface area (Å²) < 4.78 is 1.14. The van der Waals surface area contributed by atoms with Crippen LogP contribution in [0.15, 0.2) is 15.9 Å². The molecular formula is C11H16BrN3OS. The van der Waals surface area contributed by atoms with Gasteiger partial charge in [0, 0.05) is 38.1 Å². The van der Waals surface area contributed by atoms with Crippen molar-refractivity contribution in [3.8, 4) is 0 Å². The van der Waals surface area contributed by atoms with E-state index in [1.54, 1.807) is 18.4 Å². The number of piperazine rings is 1. The molecule has 0 radical (unpaired) electrons. The van der Waals surface area contributed by atoms with Gasteiger partial charge in [-0.1, -0.05) is 0 Å². The summed E-state index contributed by atoms with van der Waals surface area (Å²) in [7, 11) is 1.69. The van der Waals surface area contributed by atoms with E-state index in [1.807, 2.05) is 0 Å². The normalized spacial score (nSPS) is 21.4. The number of rotatable bonds is 3. The van der Waals surface area contributed by atoms with Gasteiger partial charge >= 0.3 is 0 Å². The summed E-state index contributed by atoms with van der Waals surface area (Å²) in [5, 5.41) is 5.99. The molecule has 17 heavy (non-hydrogen) atoms. The highest BCUT2D eigenvalue weighted by molar-refractivity contribution is 9.11. The molecule has 2 N–H and O–H groups in total. The van der Waals surface area contributed by atoms with E-state index in [0.29, 0.717) is 0 Å². The van der Waals surface area contributed by atoms with Crippen LogP contribution in [0.25, 0.3) is 0 Å². The smallest absolute Gasteiger partial charge is 0.238 e. The molecule has 0 aromatic carbocycles. The molecule has 1 aliphatic heterocycles. The van der Waals surface area contributed by atoms with Crippen LogP contribution in [0, 0.1) is 0 Å². The van der Waals surface area contributed by atoms with Gasteiger partial charge in [-0.05, 0) is 28.1 Å². The summed E-state index contributed by atoms with van der Waals surface area (Å²) in [6.07, 6.45) is 0. The van der Waals surface area contributed by atoms with Crippen LogP contribution in [0.5, 0.6) is 0 Å². The standard InChI is InChI=1S/C11H16BrN3OS/c1-13-11(16)9-6-14-4-5-15(9)7-8-2-3-10(12)17-8/h2-3,9,14H,4-7H2,1H3,(H,13,16). The molecule has 0 spiro atoms. The Bertz CT molecular complexity index is 396. The van der Waals surface area contributed by atoms with Crippen molar-refractivity contribution >= 4 is 33.2 Å². The van der Waals surface area contributed by atoms with E-state index in [2.05, 4.69) is 43.6 Å². The number of carbonyl (C=O) groups is 1. The summed E-state index contributed by atoms with van der Waals surface area (Å²) in [4.78, 5) is 15.3. The zero-order chi connectivity index (χ0) is 12.3. The Balaban J connectivity index is 2.03. The molecule has 2 rings (SSSR count). The first-order valence-corrected chi connectivity index (χ1v) is 7.22. The molecule has 1 aliphatic rings. The Morgan fingerprint density at radius 3 is 3.18 bits per heavy atom. The van der Waals surface area contributed by atoms with Gasteiger partial charge in [0.15, 0.2) is 0 Å². The summed E-state index contributed by atoms with van der Waals surface area (Å²) in [6, 6.07) is 4.10. The number of nitrogens with zero attached hydrogens (tertiary/aromatic N) is 1. The van der Waals surface area contributed by atoms with Crippen molar-refractivity contribution in [1.29, 1.82) is 0 Å². The first-order chi connectivity index (χ1) is 8.20. The number of hydrogen-bond acceptors (Lipinski definition) is 4. The van der Waals surface area contributed by atoms with Gasteiger partial charge in [-0.15, -0.1) is 11.3 Å². The molecule has 1 atom stereocenters. The summed E-state index contributed by atoms with van der Waals surface area (Å²) in [5.41, 5.74) is 0. The molecule has 1 unspecified atom stereocenters. The SMILES string of the molecule is CNC(=O)C1CNCCN1Cc1ccc(Br)s1. The number of nitrogens with one attached hydrogen (secondary N) is 2. The lowest BCUT2D eigenvalue weighted by Gasteiger charge is -2.34. The summed E-state index contributed by atoms with van der Waals surface area (Å²) in [6.45, 7) is 3.43. The maximum absolute atomic E-state index is 11.8. The van der Waals surface area contributed by atoms with Gasteiger partial charge < -0.3 is 10.6 Å². The topological polar surface area (TPSA) is 44.4 Å². The van der Waals surface area contributed by atoms with E-state index < -0.39 is 0 Å². The highest BCUT2D eigenvalue weighted by atomic mass is 79.9. The van der Waals surface area contributed by atoms with Crippen LogP contribution in [0.1, 0.15) is 4.88 Å². The van der Waals surface area contributed by atoms with Crippen LogP contribution < -0.4 is 10.6 Å². The lowest BCUT2D eigenvalue weighted by Crippen LogP contribution is -2.56. The highest BCUT2D eigenvalue weighted by Crippen LogP contribution is 2.24. The van der Waals surface area contributed by atoms with Gasteiger partial charge in [-0.2, -0.15) is 0 Å². The van der Waals surface area contributed by atoms with Crippen LogP contribution in [-0.2, 0) is 11.3 Å². The minimum absolute atomic E-state index is 0.0605. The average Bonchev–Trinajstić information content (AvgIpc) is 2.74. The molecule has 4 nitrogen and oxygen atoms in total. The molecule has 0 saturated carbocycles. The van der Waals surface area contributed by atoms with Crippen LogP contribution >= 0.6 is 27.3 Å². The van der Waals surface area contributed by atoms with Crippen LogP contribution in [-0.4, -0.2) is 43.5 Å². The largest absolute Gasteiger partial charge is 0.358 e. The number of likely N-dealkylation sites (N-methyl/N-ethyl adjacent to an activating group) is 1. The molecule has 1 fully saturated rings. The molecule has 1 aromatic heterocycles. The van der Waals surface area contributed by atoms with Crippen molar-refractivity contribution < 1.29 is 4.79 Å². The van der Waals surface area contributed by atoms with E-state index in [0.717, 1.165) is 30.0 Å². The molecular weight excluding hydrogens is 302 g/mol. The zero-order valence-electron chi connectivity index (χ0n) is 9.70. The van der Waals surface area contributed by atoms with Gasteiger partial charge in [-0.3, -0.25) is 9.69 Å². The Kier molecular flexibility index (Phi) is 4.55. The second-order valence-corrected chi connectivity index (χ2v) is 6.56. The maximum Gasteiger partial charge on any atom is 0.238 e. The Morgan fingerprint density at radius 1 is 1.71 bits per heavy atom. The minimum atomic E-state index is -0.0605. The number of amides is 1. The second kappa shape index (κ2) is 5.95. The molecule has 0 aliphatic carbocycles. The van der Waals surface area contributed by atoms with Gasteiger partial charge in [0.05, 0.1) is 3.79 Å². The van der Waals surface area contributed by atoms with Gasteiger partial charge in [0.25, 0.3) is 0 Å². The van der Waals surface area contributed by atoms with E-state index in [9.17, 15) is 4.79 Å². The fourth-order valence-electron chi connectivity index (χ4n) is 2.00. The highest BCUT2D eigenvalue weighted by Gasteiger charge is 2.27. The summed E-state index contributed by atoms with van der Waals surface area (Å²) >= 11 is 5.19. The number of carbonyl (C=O) groups excluding carboxylic acids is 1. The number of hydrogen-bond donors (Lipinski definition) is 2. The van der Waals surface area contributed by atoms with Crippen molar-refractivity contribution in [3.05, 3.63) is 20.8 Å².